The van der Waals surface area contributed by atoms with E-state index < -0.39 is 5.97 Å². The topological polar surface area (TPSA) is 93.8 Å². The molecule has 0 aliphatic rings. The lowest BCUT2D eigenvalue weighted by Gasteiger charge is -2.06. The molecule has 0 amide bonds. The first-order valence-electron chi connectivity index (χ1n) is 6.17. The monoisotopic (exact) mass is 281 g/mol. The number of hydrogen-bond donors (Lipinski definition) is 1. The van der Waals surface area contributed by atoms with Gasteiger partial charge < -0.3 is 5.11 Å². The van der Waals surface area contributed by atoms with E-state index in [0.717, 1.165) is 11.3 Å². The van der Waals surface area contributed by atoms with E-state index in [1.165, 1.54) is 12.5 Å². The van der Waals surface area contributed by atoms with Crippen molar-refractivity contribution in [3.8, 4) is 17.1 Å². The molecule has 1 N–H and O–H groups in total. The summed E-state index contributed by atoms with van der Waals surface area (Å²) in [5, 5.41) is 8.92. The maximum atomic E-state index is 10.9. The Morgan fingerprint density at radius 2 is 2.19 bits per heavy atom. The van der Waals surface area contributed by atoms with Gasteiger partial charge in [0.05, 0.1) is 5.69 Å². The first-order valence-corrected chi connectivity index (χ1v) is 6.17. The summed E-state index contributed by atoms with van der Waals surface area (Å²) in [4.78, 5) is 27.4. The summed E-state index contributed by atoms with van der Waals surface area (Å²) in [6, 6.07) is 5.48. The van der Waals surface area contributed by atoms with Crippen molar-refractivity contribution in [2.75, 3.05) is 0 Å². The van der Waals surface area contributed by atoms with E-state index >= 15 is 0 Å². The third-order valence-electron chi connectivity index (χ3n) is 2.85. The average molecular weight is 281 g/mol. The predicted octanol–water partition coefficient (Wildman–Crippen LogP) is 1.73. The molecule has 7 heteroatoms. The number of carboxylic acids is 1. The van der Waals surface area contributed by atoms with Crippen LogP contribution in [0, 0.1) is 6.92 Å². The summed E-state index contributed by atoms with van der Waals surface area (Å²) in [6.07, 6.45) is 6.23. The highest BCUT2D eigenvalue weighted by Gasteiger charge is 2.10. The van der Waals surface area contributed by atoms with Crippen molar-refractivity contribution < 1.29 is 9.90 Å². The molecule has 104 valence electrons. The number of imidazole rings is 1. The Bertz CT molecular complexity index is 798. The molecular weight excluding hydrogens is 270 g/mol. The molecule has 3 heterocycles. The minimum absolute atomic E-state index is 0.0332. The highest BCUT2D eigenvalue weighted by Crippen LogP contribution is 2.18. The van der Waals surface area contributed by atoms with Gasteiger partial charge in [-0.05, 0) is 19.1 Å². The van der Waals surface area contributed by atoms with Gasteiger partial charge in [0, 0.05) is 30.2 Å². The first-order chi connectivity index (χ1) is 10.1. The van der Waals surface area contributed by atoms with Gasteiger partial charge in [-0.15, -0.1) is 0 Å². The van der Waals surface area contributed by atoms with Gasteiger partial charge in [-0.1, -0.05) is 0 Å². The van der Waals surface area contributed by atoms with Gasteiger partial charge in [0.15, 0.2) is 5.69 Å². The number of hydrogen-bond acceptors (Lipinski definition) is 5. The number of rotatable bonds is 3. The van der Waals surface area contributed by atoms with Crippen molar-refractivity contribution in [2.24, 2.45) is 0 Å². The zero-order valence-corrected chi connectivity index (χ0v) is 11.1. The summed E-state index contributed by atoms with van der Waals surface area (Å²) >= 11 is 0. The molecule has 0 aliphatic heterocycles. The van der Waals surface area contributed by atoms with Gasteiger partial charge >= 0.3 is 5.97 Å². The fraction of sp³-hybridized carbons (Fsp3) is 0.0714. The van der Waals surface area contributed by atoms with Crippen LogP contribution in [0.15, 0.2) is 43.1 Å². The Morgan fingerprint density at radius 1 is 1.33 bits per heavy atom. The zero-order valence-electron chi connectivity index (χ0n) is 11.1. The summed E-state index contributed by atoms with van der Waals surface area (Å²) < 4.78 is 1.55. The third kappa shape index (κ3) is 2.62. The lowest BCUT2D eigenvalue weighted by Crippen LogP contribution is -2.01. The van der Waals surface area contributed by atoms with Crippen molar-refractivity contribution in [1.82, 2.24) is 24.5 Å². The minimum atomic E-state index is -1.08. The quantitative estimate of drug-likeness (QED) is 0.785. The molecule has 0 radical (unpaired) electrons. The molecule has 0 bridgehead atoms. The number of aromatic nitrogens is 5. The number of carbonyl (C=O) groups is 1. The molecular formula is C14H11N5O2. The Hall–Kier alpha value is -3.09. The molecule has 0 saturated heterocycles. The maximum Gasteiger partial charge on any atom is 0.356 e. The van der Waals surface area contributed by atoms with Crippen LogP contribution in [0.2, 0.25) is 0 Å². The van der Waals surface area contributed by atoms with E-state index in [1.807, 2.05) is 12.1 Å². The smallest absolute Gasteiger partial charge is 0.356 e. The van der Waals surface area contributed by atoms with Crippen molar-refractivity contribution in [2.45, 2.75) is 6.92 Å². The third-order valence-corrected chi connectivity index (χ3v) is 2.85. The second kappa shape index (κ2) is 5.12. The van der Waals surface area contributed by atoms with Crippen LogP contribution in [0.3, 0.4) is 0 Å². The van der Waals surface area contributed by atoms with E-state index in [-0.39, 0.29) is 5.69 Å². The standard InChI is InChI=1S/C14H11N5O2/c1-9-17-11(10-3-2-4-15-6-10)5-13(18-9)19-7-12(14(20)21)16-8-19/h2-8H,1H3,(H,20,21). The van der Waals surface area contributed by atoms with Crippen LogP contribution in [-0.2, 0) is 0 Å². The average Bonchev–Trinajstić information content (AvgIpc) is 2.98. The number of aromatic carboxylic acids is 1. The summed E-state index contributed by atoms with van der Waals surface area (Å²) in [5.74, 6) is 0.0605. The molecule has 0 atom stereocenters. The van der Waals surface area contributed by atoms with Crippen LogP contribution >= 0.6 is 0 Å². The van der Waals surface area contributed by atoms with Gasteiger partial charge in [0.25, 0.3) is 0 Å². The largest absolute Gasteiger partial charge is 0.476 e. The molecule has 7 nitrogen and oxygen atoms in total. The first kappa shape index (κ1) is 12.9. The Kier molecular flexibility index (Phi) is 3.15. The molecule has 3 aromatic heterocycles. The zero-order chi connectivity index (χ0) is 14.8. The van der Waals surface area contributed by atoms with Crippen LogP contribution in [0.4, 0.5) is 0 Å². The van der Waals surface area contributed by atoms with Crippen molar-refractivity contribution >= 4 is 5.97 Å². The fourth-order valence-corrected chi connectivity index (χ4v) is 1.90. The molecule has 0 aromatic carbocycles. The number of pyridine rings is 1. The van der Waals surface area contributed by atoms with E-state index in [9.17, 15) is 4.79 Å². The van der Waals surface area contributed by atoms with E-state index in [0.29, 0.717) is 11.6 Å². The lowest BCUT2D eigenvalue weighted by atomic mass is 10.2. The minimum Gasteiger partial charge on any atom is -0.476 e. The van der Waals surface area contributed by atoms with Gasteiger partial charge in [0.2, 0.25) is 0 Å². The van der Waals surface area contributed by atoms with Crippen LogP contribution in [0.25, 0.3) is 17.1 Å². The predicted molar refractivity (Wildman–Crippen MR) is 74.1 cm³/mol. The summed E-state index contributed by atoms with van der Waals surface area (Å²) in [5.41, 5.74) is 1.55. The van der Waals surface area contributed by atoms with Crippen LogP contribution < -0.4 is 0 Å². The maximum absolute atomic E-state index is 10.9. The lowest BCUT2D eigenvalue weighted by molar-refractivity contribution is 0.0691. The highest BCUT2D eigenvalue weighted by atomic mass is 16.4. The molecule has 0 aliphatic carbocycles. The van der Waals surface area contributed by atoms with Gasteiger partial charge in [-0.3, -0.25) is 9.55 Å². The Labute approximate surface area is 120 Å². The summed E-state index contributed by atoms with van der Waals surface area (Å²) in [7, 11) is 0. The number of nitrogens with zero attached hydrogens (tertiary/aromatic N) is 5. The van der Waals surface area contributed by atoms with Gasteiger partial charge in [0.1, 0.15) is 18.0 Å². The van der Waals surface area contributed by atoms with Crippen LogP contribution in [0.5, 0.6) is 0 Å². The molecule has 0 saturated carbocycles. The molecule has 3 aromatic rings. The Balaban J connectivity index is 2.07. The van der Waals surface area contributed by atoms with Crippen molar-refractivity contribution in [3.63, 3.8) is 0 Å². The van der Waals surface area contributed by atoms with E-state index in [1.54, 1.807) is 30.0 Å². The second-order valence-corrected chi connectivity index (χ2v) is 4.37. The summed E-state index contributed by atoms with van der Waals surface area (Å²) in [6.45, 7) is 1.78. The highest BCUT2D eigenvalue weighted by molar-refractivity contribution is 5.85. The number of aryl methyl sites for hydroxylation is 1. The van der Waals surface area contributed by atoms with Gasteiger partial charge in [-0.2, -0.15) is 0 Å². The van der Waals surface area contributed by atoms with Crippen molar-refractivity contribution in [1.29, 1.82) is 0 Å². The van der Waals surface area contributed by atoms with Crippen LogP contribution in [0.1, 0.15) is 16.3 Å². The van der Waals surface area contributed by atoms with Crippen molar-refractivity contribution in [3.05, 3.63) is 54.6 Å². The molecule has 0 unspecified atom stereocenters. The SMILES string of the molecule is Cc1nc(-c2cccnc2)cc(-n2cnc(C(=O)O)c2)n1. The molecule has 0 spiro atoms. The second-order valence-electron chi connectivity index (χ2n) is 4.37. The van der Waals surface area contributed by atoms with E-state index in [2.05, 4.69) is 19.9 Å². The van der Waals surface area contributed by atoms with Crippen LogP contribution in [-0.4, -0.2) is 35.6 Å². The molecule has 3 rings (SSSR count). The fourth-order valence-electron chi connectivity index (χ4n) is 1.90. The van der Waals surface area contributed by atoms with Gasteiger partial charge in [-0.25, -0.2) is 19.7 Å². The number of carboxylic acid groups (broad SMARTS) is 1. The van der Waals surface area contributed by atoms with E-state index in [4.69, 9.17) is 5.11 Å². The molecule has 21 heavy (non-hydrogen) atoms. The molecule has 0 fully saturated rings. The Morgan fingerprint density at radius 3 is 2.86 bits per heavy atom. The normalized spacial score (nSPS) is 10.5.